The number of nitrogens with zero attached hydrogens (tertiary/aromatic N) is 1. The quantitative estimate of drug-likeness (QED) is 0.454. The molecule has 138 valence electrons. The van der Waals surface area contributed by atoms with Crippen LogP contribution in [0.1, 0.15) is 17.5 Å². The Morgan fingerprint density at radius 2 is 1.85 bits per heavy atom. The molecule has 0 radical (unpaired) electrons. The summed E-state index contributed by atoms with van der Waals surface area (Å²) in [6.45, 7) is 2.23. The van der Waals surface area contributed by atoms with Gasteiger partial charge in [-0.2, -0.15) is 0 Å². The number of rotatable bonds is 5. The van der Waals surface area contributed by atoms with Crippen LogP contribution >= 0.6 is 24.0 Å². The van der Waals surface area contributed by atoms with Crippen LogP contribution in [-0.4, -0.2) is 32.7 Å². The highest BCUT2D eigenvalue weighted by Crippen LogP contribution is 2.32. The molecule has 0 aromatic heterocycles. The second-order valence-electron chi connectivity index (χ2n) is 6.09. The minimum Gasteiger partial charge on any atom is -0.508 e. The Bertz CT molecular complexity index is 906. The van der Waals surface area contributed by atoms with E-state index in [1.54, 1.807) is 12.1 Å². The smallest absolute Gasteiger partial charge is 0.266 e. The molecule has 1 saturated heterocycles. The van der Waals surface area contributed by atoms with E-state index in [0.29, 0.717) is 14.9 Å². The van der Waals surface area contributed by atoms with E-state index in [2.05, 4.69) is 5.32 Å². The summed E-state index contributed by atoms with van der Waals surface area (Å²) >= 11 is 6.54. The summed E-state index contributed by atoms with van der Waals surface area (Å²) in [6, 6.07) is 14.1. The van der Waals surface area contributed by atoms with Crippen molar-refractivity contribution >= 4 is 51.9 Å². The third-order valence-electron chi connectivity index (χ3n) is 3.96. The summed E-state index contributed by atoms with van der Waals surface area (Å²) < 4.78 is 0.454. The molecule has 2 N–H and O–H groups in total. The van der Waals surface area contributed by atoms with Crippen molar-refractivity contribution in [2.24, 2.45) is 0 Å². The lowest BCUT2D eigenvalue weighted by molar-refractivity contribution is -0.122. The lowest BCUT2D eigenvalue weighted by atomic mass is 10.1. The molecule has 2 aromatic rings. The molecule has 5 nitrogen and oxygen atoms in total. The molecule has 0 aliphatic carbocycles. The van der Waals surface area contributed by atoms with Crippen LogP contribution in [0.15, 0.2) is 53.4 Å². The highest BCUT2D eigenvalue weighted by atomic mass is 32.2. The molecule has 1 aliphatic heterocycles. The van der Waals surface area contributed by atoms with E-state index in [0.717, 1.165) is 11.1 Å². The molecule has 7 heteroatoms. The standard InChI is InChI=1S/C20H18N2O3S2/c1-13-2-4-14(5-3-13)12-17-19(25)22(20(26)27-17)11-10-18(24)21-15-6-8-16(23)9-7-15/h2-9,12,23H,10-11H2,1H3,(H,21,24)/b17-12+. The Labute approximate surface area is 167 Å². The summed E-state index contributed by atoms with van der Waals surface area (Å²) in [5.74, 6) is -0.272. The fraction of sp³-hybridized carbons (Fsp3) is 0.150. The van der Waals surface area contributed by atoms with Crippen LogP contribution in [0, 0.1) is 6.92 Å². The number of phenolic OH excluding ortho intramolecular Hbond substituents is 1. The maximum Gasteiger partial charge on any atom is 0.266 e. The second-order valence-corrected chi connectivity index (χ2v) is 7.76. The lowest BCUT2D eigenvalue weighted by Gasteiger charge is -2.14. The van der Waals surface area contributed by atoms with E-state index >= 15 is 0 Å². The number of carbonyl (C=O) groups excluding carboxylic acids is 2. The second kappa shape index (κ2) is 8.37. The van der Waals surface area contributed by atoms with Gasteiger partial charge in [-0.05, 0) is 42.8 Å². The number of phenols is 1. The van der Waals surface area contributed by atoms with Crippen LogP contribution in [0.25, 0.3) is 6.08 Å². The predicted octanol–water partition coefficient (Wildman–Crippen LogP) is 3.93. The minimum atomic E-state index is -0.225. The summed E-state index contributed by atoms with van der Waals surface area (Å²) in [5, 5.41) is 12.0. The van der Waals surface area contributed by atoms with Crippen LogP contribution < -0.4 is 5.32 Å². The Morgan fingerprint density at radius 1 is 1.19 bits per heavy atom. The molecule has 0 unspecified atom stereocenters. The van der Waals surface area contributed by atoms with Crippen LogP contribution in [0.4, 0.5) is 5.69 Å². The first kappa shape index (κ1) is 19.1. The van der Waals surface area contributed by atoms with Gasteiger partial charge in [-0.1, -0.05) is 53.8 Å². The van der Waals surface area contributed by atoms with E-state index in [-0.39, 0.29) is 30.5 Å². The zero-order chi connectivity index (χ0) is 19.4. The predicted molar refractivity (Wildman–Crippen MR) is 112 cm³/mol. The molecule has 1 fully saturated rings. The topological polar surface area (TPSA) is 69.6 Å². The van der Waals surface area contributed by atoms with Gasteiger partial charge in [0.15, 0.2) is 0 Å². The number of carbonyl (C=O) groups is 2. The molecule has 0 bridgehead atoms. The first-order chi connectivity index (χ1) is 12.9. The van der Waals surface area contributed by atoms with Crippen molar-refractivity contribution in [1.82, 2.24) is 4.90 Å². The van der Waals surface area contributed by atoms with Gasteiger partial charge in [0, 0.05) is 18.7 Å². The number of benzene rings is 2. The van der Waals surface area contributed by atoms with Gasteiger partial charge in [0.05, 0.1) is 4.91 Å². The van der Waals surface area contributed by atoms with Crippen LogP contribution in [0.5, 0.6) is 5.75 Å². The average Bonchev–Trinajstić information content (AvgIpc) is 2.90. The molecule has 27 heavy (non-hydrogen) atoms. The summed E-state index contributed by atoms with van der Waals surface area (Å²) in [7, 11) is 0. The maximum atomic E-state index is 12.6. The van der Waals surface area contributed by atoms with Crippen molar-refractivity contribution in [2.75, 3.05) is 11.9 Å². The lowest BCUT2D eigenvalue weighted by Crippen LogP contribution is -2.31. The first-order valence-electron chi connectivity index (χ1n) is 8.33. The van der Waals surface area contributed by atoms with Crippen molar-refractivity contribution in [3.05, 3.63) is 64.6 Å². The number of hydrogen-bond acceptors (Lipinski definition) is 5. The molecule has 0 spiro atoms. The summed E-state index contributed by atoms with van der Waals surface area (Å²) in [4.78, 5) is 26.7. The molecule has 2 amide bonds. The highest BCUT2D eigenvalue weighted by molar-refractivity contribution is 8.26. The molecule has 1 heterocycles. The van der Waals surface area contributed by atoms with Gasteiger partial charge in [-0.25, -0.2) is 0 Å². The minimum absolute atomic E-state index is 0.130. The normalized spacial score (nSPS) is 15.4. The zero-order valence-electron chi connectivity index (χ0n) is 14.6. The Balaban J connectivity index is 1.59. The van der Waals surface area contributed by atoms with Gasteiger partial charge >= 0.3 is 0 Å². The Kier molecular flexibility index (Phi) is 5.93. The van der Waals surface area contributed by atoms with Crippen molar-refractivity contribution in [3.8, 4) is 5.75 Å². The van der Waals surface area contributed by atoms with Crippen molar-refractivity contribution in [3.63, 3.8) is 0 Å². The number of thioether (sulfide) groups is 1. The molecule has 3 rings (SSSR count). The van der Waals surface area contributed by atoms with E-state index in [1.807, 2.05) is 37.3 Å². The number of thiocarbonyl (C=S) groups is 1. The van der Waals surface area contributed by atoms with Gasteiger partial charge in [0.1, 0.15) is 10.1 Å². The van der Waals surface area contributed by atoms with Gasteiger partial charge in [0.2, 0.25) is 5.91 Å². The van der Waals surface area contributed by atoms with Gasteiger partial charge in [-0.15, -0.1) is 0 Å². The van der Waals surface area contributed by atoms with E-state index < -0.39 is 0 Å². The molecule has 0 saturated carbocycles. The van der Waals surface area contributed by atoms with Crippen LogP contribution in [0.3, 0.4) is 0 Å². The Morgan fingerprint density at radius 3 is 2.52 bits per heavy atom. The molecular formula is C20H18N2O3S2. The van der Waals surface area contributed by atoms with Gasteiger partial charge < -0.3 is 10.4 Å². The summed E-state index contributed by atoms with van der Waals surface area (Å²) in [6.07, 6.45) is 1.94. The number of nitrogens with one attached hydrogen (secondary N) is 1. The molecule has 0 atom stereocenters. The van der Waals surface area contributed by atoms with Crippen molar-refractivity contribution in [1.29, 1.82) is 0 Å². The fourth-order valence-corrected chi connectivity index (χ4v) is 3.80. The number of anilines is 1. The van der Waals surface area contributed by atoms with E-state index in [9.17, 15) is 14.7 Å². The van der Waals surface area contributed by atoms with Crippen molar-refractivity contribution < 1.29 is 14.7 Å². The van der Waals surface area contributed by atoms with E-state index in [1.165, 1.54) is 28.8 Å². The molecule has 1 aliphatic rings. The maximum absolute atomic E-state index is 12.6. The van der Waals surface area contributed by atoms with Gasteiger partial charge in [0.25, 0.3) is 5.91 Å². The SMILES string of the molecule is Cc1ccc(/C=C2/SC(=S)N(CCC(=O)Nc3ccc(O)cc3)C2=O)cc1. The summed E-state index contributed by atoms with van der Waals surface area (Å²) in [5.41, 5.74) is 2.67. The number of hydrogen-bond donors (Lipinski definition) is 2. The largest absolute Gasteiger partial charge is 0.508 e. The number of amides is 2. The van der Waals surface area contributed by atoms with Gasteiger partial charge in [-0.3, -0.25) is 14.5 Å². The highest BCUT2D eigenvalue weighted by Gasteiger charge is 2.32. The van der Waals surface area contributed by atoms with Crippen LogP contribution in [0.2, 0.25) is 0 Å². The third-order valence-corrected chi connectivity index (χ3v) is 5.34. The fourth-order valence-electron chi connectivity index (χ4n) is 2.49. The average molecular weight is 399 g/mol. The van der Waals surface area contributed by atoms with E-state index in [4.69, 9.17) is 12.2 Å². The molecule has 2 aromatic carbocycles. The Hall–Kier alpha value is -2.64. The zero-order valence-corrected chi connectivity index (χ0v) is 16.3. The number of aromatic hydroxyl groups is 1. The third kappa shape index (κ3) is 4.96. The van der Waals surface area contributed by atoms with Crippen LogP contribution in [-0.2, 0) is 9.59 Å². The monoisotopic (exact) mass is 398 g/mol. The van der Waals surface area contributed by atoms with Crippen molar-refractivity contribution in [2.45, 2.75) is 13.3 Å². The first-order valence-corrected chi connectivity index (χ1v) is 9.56. The molecular weight excluding hydrogens is 380 g/mol. The number of aryl methyl sites for hydroxylation is 1.